The van der Waals surface area contributed by atoms with E-state index in [2.05, 4.69) is 46.6 Å². The monoisotopic (exact) mass is 468 g/mol. The minimum absolute atomic E-state index is 0.137. The molecule has 35 heavy (non-hydrogen) atoms. The zero-order chi connectivity index (χ0) is 23.7. The number of likely N-dealkylation sites (tertiary alicyclic amines) is 1. The molecule has 0 unspecified atom stereocenters. The lowest BCUT2D eigenvalue weighted by atomic mass is 9.79. The van der Waals surface area contributed by atoms with Crippen LogP contribution in [-0.4, -0.2) is 56.1 Å². The number of nitrogens with zero attached hydrogens (tertiary/aromatic N) is 5. The fraction of sp³-hybridized carbons (Fsp3) is 0.464. The van der Waals surface area contributed by atoms with Crippen LogP contribution in [0.2, 0.25) is 0 Å². The molecular weight excluding hydrogens is 436 g/mol. The fourth-order valence-corrected chi connectivity index (χ4v) is 6.24. The van der Waals surface area contributed by atoms with Gasteiger partial charge < -0.3 is 19.4 Å². The molecule has 2 saturated heterocycles. The second kappa shape index (κ2) is 7.65. The van der Waals surface area contributed by atoms with E-state index >= 15 is 0 Å². The summed E-state index contributed by atoms with van der Waals surface area (Å²) in [4.78, 5) is 25.2. The van der Waals surface area contributed by atoms with Crippen molar-refractivity contribution in [2.75, 3.05) is 26.2 Å². The summed E-state index contributed by atoms with van der Waals surface area (Å²) in [7, 11) is 2.10. The maximum atomic E-state index is 13.4. The van der Waals surface area contributed by atoms with Gasteiger partial charge in [-0.05, 0) is 74.0 Å². The number of hydrogen-bond acceptors (Lipinski definition) is 4. The molecule has 0 atom stereocenters. The van der Waals surface area contributed by atoms with E-state index in [-0.39, 0.29) is 5.91 Å². The van der Waals surface area contributed by atoms with E-state index in [0.717, 1.165) is 84.2 Å². The van der Waals surface area contributed by atoms with Gasteiger partial charge in [0, 0.05) is 55.8 Å². The predicted molar refractivity (Wildman–Crippen MR) is 137 cm³/mol. The van der Waals surface area contributed by atoms with E-state index in [1.165, 1.54) is 24.8 Å². The second-order valence-electron chi connectivity index (χ2n) is 10.9. The summed E-state index contributed by atoms with van der Waals surface area (Å²) in [5.74, 6) is 1.81. The van der Waals surface area contributed by atoms with E-state index in [4.69, 9.17) is 9.97 Å². The Morgan fingerprint density at radius 2 is 2.09 bits per heavy atom. The van der Waals surface area contributed by atoms with Crippen LogP contribution in [-0.2, 0) is 20.0 Å². The number of fused-ring (bicyclic) bond motifs is 2. The van der Waals surface area contributed by atoms with Gasteiger partial charge in [0.1, 0.15) is 5.65 Å². The summed E-state index contributed by atoms with van der Waals surface area (Å²) in [5, 5.41) is 4.60. The van der Waals surface area contributed by atoms with Crippen molar-refractivity contribution < 1.29 is 4.79 Å². The average molecular weight is 469 g/mol. The van der Waals surface area contributed by atoms with Crippen molar-refractivity contribution in [2.45, 2.75) is 39.2 Å². The molecule has 3 aliphatic rings. The summed E-state index contributed by atoms with van der Waals surface area (Å²) >= 11 is 0. The van der Waals surface area contributed by atoms with Crippen molar-refractivity contribution in [3.8, 4) is 11.5 Å². The molecule has 1 saturated carbocycles. The number of nitrogens with one attached hydrogen (secondary N) is 1. The first-order valence-electron chi connectivity index (χ1n) is 13.0. The summed E-state index contributed by atoms with van der Waals surface area (Å²) in [5.41, 5.74) is 6.40. The fourth-order valence-electron chi connectivity index (χ4n) is 6.24. The van der Waals surface area contributed by atoms with Gasteiger partial charge in [-0.1, -0.05) is 6.92 Å². The smallest absolute Gasteiger partial charge is 0.253 e. The predicted octanol–water partition coefficient (Wildman–Crippen LogP) is 4.00. The van der Waals surface area contributed by atoms with Crippen molar-refractivity contribution in [3.05, 3.63) is 47.7 Å². The molecule has 0 bridgehead atoms. The van der Waals surface area contributed by atoms with Crippen molar-refractivity contribution in [1.29, 1.82) is 0 Å². The number of hydrogen-bond donors (Lipinski definition) is 1. The first kappa shape index (κ1) is 21.1. The number of amides is 1. The molecule has 3 fully saturated rings. The van der Waals surface area contributed by atoms with Crippen LogP contribution in [0.5, 0.6) is 0 Å². The molecule has 1 aliphatic carbocycles. The Morgan fingerprint density at radius 3 is 2.83 bits per heavy atom. The highest BCUT2D eigenvalue weighted by Crippen LogP contribution is 2.38. The molecule has 7 nitrogen and oxygen atoms in total. The van der Waals surface area contributed by atoms with Gasteiger partial charge >= 0.3 is 0 Å². The SMILES string of the molecule is CCc1cc(C(=O)N2CC3(CCNC3)C2)cc2nc(-c3cc4cccnc4n3CC3CC3)n(C)c12. The Hall–Kier alpha value is -3.19. The van der Waals surface area contributed by atoms with E-state index < -0.39 is 0 Å². The van der Waals surface area contributed by atoms with Gasteiger partial charge in [0.05, 0.1) is 16.7 Å². The van der Waals surface area contributed by atoms with Gasteiger partial charge in [-0.15, -0.1) is 0 Å². The Morgan fingerprint density at radius 1 is 1.23 bits per heavy atom. The van der Waals surface area contributed by atoms with Gasteiger partial charge in [0.15, 0.2) is 5.82 Å². The maximum absolute atomic E-state index is 13.4. The molecule has 2 aliphatic heterocycles. The van der Waals surface area contributed by atoms with Crippen molar-refractivity contribution >= 4 is 28.0 Å². The number of benzene rings is 1. The molecule has 5 heterocycles. The summed E-state index contributed by atoms with van der Waals surface area (Å²) in [6.07, 6.45) is 6.47. The number of carbonyl (C=O) groups excluding carboxylic acids is 1. The third kappa shape index (κ3) is 3.32. The van der Waals surface area contributed by atoms with E-state index in [1.54, 1.807) is 0 Å². The average Bonchev–Trinajstić information content (AvgIpc) is 3.25. The quantitative estimate of drug-likeness (QED) is 0.481. The lowest BCUT2D eigenvalue weighted by molar-refractivity contribution is 0.0159. The molecule has 7 rings (SSSR count). The molecule has 4 aromatic rings. The molecule has 0 radical (unpaired) electrons. The zero-order valence-corrected chi connectivity index (χ0v) is 20.5. The van der Waals surface area contributed by atoms with Crippen LogP contribution in [0.3, 0.4) is 0 Å². The molecular formula is C28H32N6O. The molecule has 3 aromatic heterocycles. The first-order chi connectivity index (χ1) is 17.0. The molecule has 1 amide bonds. The van der Waals surface area contributed by atoms with Gasteiger partial charge in [-0.3, -0.25) is 4.79 Å². The van der Waals surface area contributed by atoms with Crippen LogP contribution < -0.4 is 5.32 Å². The highest BCUT2D eigenvalue weighted by molar-refractivity contribution is 5.99. The second-order valence-corrected chi connectivity index (χ2v) is 10.9. The minimum atomic E-state index is 0.137. The third-order valence-electron chi connectivity index (χ3n) is 8.37. The van der Waals surface area contributed by atoms with Gasteiger partial charge in [0.25, 0.3) is 5.91 Å². The van der Waals surface area contributed by atoms with E-state index in [0.29, 0.717) is 5.41 Å². The molecule has 180 valence electrons. The number of imidazole rings is 1. The highest BCUT2D eigenvalue weighted by atomic mass is 16.2. The highest BCUT2D eigenvalue weighted by Gasteiger charge is 2.46. The largest absolute Gasteiger partial charge is 0.337 e. The lowest BCUT2D eigenvalue weighted by Crippen LogP contribution is -2.59. The normalized spacial score (nSPS) is 19.2. The number of rotatable bonds is 5. The number of aryl methyl sites for hydroxylation is 2. The molecule has 1 N–H and O–H groups in total. The van der Waals surface area contributed by atoms with E-state index in [1.807, 2.05) is 23.2 Å². The molecule has 7 heteroatoms. The third-order valence-corrected chi connectivity index (χ3v) is 8.37. The van der Waals surface area contributed by atoms with Gasteiger partial charge in [-0.2, -0.15) is 0 Å². The summed E-state index contributed by atoms with van der Waals surface area (Å²) in [6, 6.07) is 10.4. The van der Waals surface area contributed by atoms with Crippen molar-refractivity contribution in [2.24, 2.45) is 18.4 Å². The topological polar surface area (TPSA) is 68.0 Å². The Labute approximate surface area is 205 Å². The van der Waals surface area contributed by atoms with Crippen LogP contribution in [0.15, 0.2) is 36.5 Å². The summed E-state index contributed by atoms with van der Waals surface area (Å²) < 4.78 is 4.56. The van der Waals surface area contributed by atoms with Crippen LogP contribution >= 0.6 is 0 Å². The number of carbonyl (C=O) groups is 1. The Kier molecular flexibility index (Phi) is 4.62. The van der Waals surface area contributed by atoms with Crippen LogP contribution in [0.25, 0.3) is 33.6 Å². The molecule has 1 spiro atoms. The number of pyridine rings is 1. The van der Waals surface area contributed by atoms with Crippen molar-refractivity contribution in [1.82, 2.24) is 29.3 Å². The van der Waals surface area contributed by atoms with Crippen LogP contribution in [0, 0.1) is 11.3 Å². The Balaban J connectivity index is 1.30. The summed E-state index contributed by atoms with van der Waals surface area (Å²) in [6.45, 7) is 6.96. The lowest BCUT2D eigenvalue weighted by Gasteiger charge is -2.47. The van der Waals surface area contributed by atoms with Crippen LogP contribution in [0.4, 0.5) is 0 Å². The zero-order valence-electron chi connectivity index (χ0n) is 20.5. The first-order valence-corrected chi connectivity index (χ1v) is 13.0. The Bertz CT molecular complexity index is 1460. The van der Waals surface area contributed by atoms with E-state index in [9.17, 15) is 4.79 Å². The van der Waals surface area contributed by atoms with Crippen LogP contribution in [0.1, 0.15) is 42.1 Å². The van der Waals surface area contributed by atoms with Gasteiger partial charge in [0.2, 0.25) is 0 Å². The molecule has 1 aromatic carbocycles. The van der Waals surface area contributed by atoms with Gasteiger partial charge in [-0.25, -0.2) is 9.97 Å². The standard InChI is InChI=1S/C28H32N6O/c1-3-19-11-21(27(35)33-16-28(17-33)8-10-29-15-28)12-22-24(19)32(2)26(31-22)23-13-20-5-4-9-30-25(20)34(23)14-18-6-7-18/h4-5,9,11-13,18,29H,3,6-8,10,14-17H2,1-2H3. The minimum Gasteiger partial charge on any atom is -0.337 e. The maximum Gasteiger partial charge on any atom is 0.253 e. The van der Waals surface area contributed by atoms with Crippen molar-refractivity contribution in [3.63, 3.8) is 0 Å². The number of aromatic nitrogens is 4.